The lowest BCUT2D eigenvalue weighted by atomic mass is 10.1. The SMILES string of the molecule is C=C(C)C(N)CCN(C)OC(=O)c1ccccc1. The van der Waals surface area contributed by atoms with Gasteiger partial charge in [0.25, 0.3) is 0 Å². The number of benzene rings is 1. The average molecular weight is 248 g/mol. The van der Waals surface area contributed by atoms with Crippen LogP contribution in [0.4, 0.5) is 0 Å². The number of hydrogen-bond donors (Lipinski definition) is 1. The molecule has 2 N–H and O–H groups in total. The van der Waals surface area contributed by atoms with Gasteiger partial charge in [0.15, 0.2) is 0 Å². The number of rotatable bonds is 6. The minimum absolute atomic E-state index is 0.0668. The number of hydroxylamine groups is 2. The molecule has 0 aromatic heterocycles. The topological polar surface area (TPSA) is 55.6 Å². The Kier molecular flexibility index (Phi) is 5.55. The van der Waals surface area contributed by atoms with E-state index in [1.165, 1.54) is 5.06 Å². The summed E-state index contributed by atoms with van der Waals surface area (Å²) in [5.41, 5.74) is 7.30. The summed E-state index contributed by atoms with van der Waals surface area (Å²) in [4.78, 5) is 16.9. The van der Waals surface area contributed by atoms with E-state index in [4.69, 9.17) is 10.6 Å². The van der Waals surface area contributed by atoms with Crippen LogP contribution in [0.3, 0.4) is 0 Å². The first-order chi connectivity index (χ1) is 8.50. The summed E-state index contributed by atoms with van der Waals surface area (Å²) in [5, 5.41) is 1.50. The molecule has 0 aliphatic rings. The van der Waals surface area contributed by atoms with Gasteiger partial charge in [-0.2, -0.15) is 0 Å². The van der Waals surface area contributed by atoms with Crippen molar-refractivity contribution in [2.75, 3.05) is 13.6 Å². The van der Waals surface area contributed by atoms with Crippen LogP contribution in [0.15, 0.2) is 42.5 Å². The van der Waals surface area contributed by atoms with Gasteiger partial charge in [-0.3, -0.25) is 0 Å². The first kappa shape index (κ1) is 14.4. The quantitative estimate of drug-likeness (QED) is 0.618. The molecule has 0 fully saturated rings. The van der Waals surface area contributed by atoms with Crippen molar-refractivity contribution in [2.45, 2.75) is 19.4 Å². The lowest BCUT2D eigenvalue weighted by Gasteiger charge is -2.18. The van der Waals surface area contributed by atoms with Crippen molar-refractivity contribution in [1.82, 2.24) is 5.06 Å². The lowest BCUT2D eigenvalue weighted by Crippen LogP contribution is -2.30. The lowest BCUT2D eigenvalue weighted by molar-refractivity contribution is -0.0910. The van der Waals surface area contributed by atoms with E-state index in [1.54, 1.807) is 31.3 Å². The maximum Gasteiger partial charge on any atom is 0.357 e. The van der Waals surface area contributed by atoms with Crippen molar-refractivity contribution in [3.05, 3.63) is 48.0 Å². The molecule has 1 rings (SSSR count). The van der Waals surface area contributed by atoms with Gasteiger partial charge in [-0.25, -0.2) is 4.79 Å². The van der Waals surface area contributed by atoms with Crippen molar-refractivity contribution in [3.63, 3.8) is 0 Å². The van der Waals surface area contributed by atoms with Crippen LogP contribution in [0.2, 0.25) is 0 Å². The van der Waals surface area contributed by atoms with Crippen LogP contribution in [0.5, 0.6) is 0 Å². The number of nitrogens with zero attached hydrogens (tertiary/aromatic N) is 1. The molecule has 0 saturated carbocycles. The second-order valence-electron chi connectivity index (χ2n) is 4.34. The Morgan fingerprint density at radius 2 is 2.06 bits per heavy atom. The van der Waals surface area contributed by atoms with Gasteiger partial charge >= 0.3 is 5.97 Å². The molecule has 4 heteroatoms. The van der Waals surface area contributed by atoms with Crippen LogP contribution in [0, 0.1) is 0 Å². The van der Waals surface area contributed by atoms with Crippen LogP contribution in [-0.2, 0) is 4.84 Å². The minimum Gasteiger partial charge on any atom is -0.364 e. The summed E-state index contributed by atoms with van der Waals surface area (Å²) in [7, 11) is 1.71. The molecule has 0 aliphatic carbocycles. The Labute approximate surface area is 108 Å². The zero-order valence-corrected chi connectivity index (χ0v) is 10.9. The third-order valence-corrected chi connectivity index (χ3v) is 2.64. The number of hydrogen-bond acceptors (Lipinski definition) is 4. The Morgan fingerprint density at radius 3 is 2.61 bits per heavy atom. The third-order valence-electron chi connectivity index (χ3n) is 2.64. The molecule has 0 spiro atoms. The fourth-order valence-corrected chi connectivity index (χ4v) is 1.38. The highest BCUT2D eigenvalue weighted by atomic mass is 16.7. The molecule has 0 radical (unpaired) electrons. The fourth-order valence-electron chi connectivity index (χ4n) is 1.38. The zero-order valence-electron chi connectivity index (χ0n) is 10.9. The average Bonchev–Trinajstić information content (AvgIpc) is 2.36. The van der Waals surface area contributed by atoms with Crippen LogP contribution in [0.25, 0.3) is 0 Å². The summed E-state index contributed by atoms with van der Waals surface area (Å²) in [6.07, 6.45) is 0.702. The predicted molar refractivity (Wildman–Crippen MR) is 71.9 cm³/mol. The molecule has 1 aromatic rings. The third kappa shape index (κ3) is 4.69. The summed E-state index contributed by atoms with van der Waals surface area (Å²) >= 11 is 0. The van der Waals surface area contributed by atoms with E-state index in [1.807, 2.05) is 13.0 Å². The Balaban J connectivity index is 2.39. The van der Waals surface area contributed by atoms with Crippen LogP contribution in [-0.4, -0.2) is 30.7 Å². The largest absolute Gasteiger partial charge is 0.364 e. The summed E-state index contributed by atoms with van der Waals surface area (Å²) in [5.74, 6) is -0.359. The summed E-state index contributed by atoms with van der Waals surface area (Å²) < 4.78 is 0. The monoisotopic (exact) mass is 248 g/mol. The van der Waals surface area contributed by atoms with E-state index in [2.05, 4.69) is 6.58 Å². The smallest absolute Gasteiger partial charge is 0.357 e. The van der Waals surface area contributed by atoms with Gasteiger partial charge in [0.2, 0.25) is 0 Å². The van der Waals surface area contributed by atoms with Crippen molar-refractivity contribution >= 4 is 5.97 Å². The van der Waals surface area contributed by atoms with Crippen molar-refractivity contribution in [1.29, 1.82) is 0 Å². The molecular weight excluding hydrogens is 228 g/mol. The molecule has 4 nitrogen and oxygen atoms in total. The molecule has 1 unspecified atom stereocenters. The van der Waals surface area contributed by atoms with Gasteiger partial charge < -0.3 is 10.6 Å². The number of carbonyl (C=O) groups is 1. The van der Waals surface area contributed by atoms with Gasteiger partial charge in [-0.15, -0.1) is 5.06 Å². The maximum absolute atomic E-state index is 11.7. The van der Waals surface area contributed by atoms with Crippen molar-refractivity contribution in [2.24, 2.45) is 5.73 Å². The van der Waals surface area contributed by atoms with E-state index >= 15 is 0 Å². The highest BCUT2D eigenvalue weighted by molar-refractivity contribution is 5.89. The molecule has 18 heavy (non-hydrogen) atoms. The Morgan fingerprint density at radius 1 is 1.44 bits per heavy atom. The molecule has 0 saturated heterocycles. The molecule has 0 heterocycles. The first-order valence-electron chi connectivity index (χ1n) is 5.90. The highest BCUT2D eigenvalue weighted by Gasteiger charge is 2.11. The normalized spacial score (nSPS) is 12.2. The van der Waals surface area contributed by atoms with Gasteiger partial charge in [0, 0.05) is 19.6 Å². The maximum atomic E-state index is 11.7. The van der Waals surface area contributed by atoms with E-state index < -0.39 is 0 Å². The highest BCUT2D eigenvalue weighted by Crippen LogP contribution is 2.05. The van der Waals surface area contributed by atoms with E-state index in [-0.39, 0.29) is 12.0 Å². The van der Waals surface area contributed by atoms with Crippen LogP contribution in [0.1, 0.15) is 23.7 Å². The summed E-state index contributed by atoms with van der Waals surface area (Å²) in [6, 6.07) is 8.82. The molecular formula is C14H20N2O2. The van der Waals surface area contributed by atoms with Gasteiger partial charge in [-0.05, 0) is 25.5 Å². The van der Waals surface area contributed by atoms with Gasteiger partial charge in [0.05, 0.1) is 5.56 Å². The molecule has 0 amide bonds. The van der Waals surface area contributed by atoms with Crippen molar-refractivity contribution in [3.8, 4) is 0 Å². The van der Waals surface area contributed by atoms with Crippen LogP contribution >= 0.6 is 0 Å². The fraction of sp³-hybridized carbons (Fsp3) is 0.357. The van der Waals surface area contributed by atoms with Gasteiger partial charge in [-0.1, -0.05) is 30.4 Å². The van der Waals surface area contributed by atoms with E-state index in [9.17, 15) is 4.79 Å². The van der Waals surface area contributed by atoms with E-state index in [0.29, 0.717) is 18.5 Å². The van der Waals surface area contributed by atoms with E-state index in [0.717, 1.165) is 5.57 Å². The molecule has 0 aliphatic heterocycles. The second-order valence-corrected chi connectivity index (χ2v) is 4.34. The standard InChI is InChI=1S/C14H20N2O2/c1-11(2)13(15)9-10-16(3)18-14(17)12-7-5-4-6-8-12/h4-8,13H,1,9-10,15H2,2-3H3. The number of nitrogens with two attached hydrogens (primary N) is 1. The van der Waals surface area contributed by atoms with Crippen molar-refractivity contribution < 1.29 is 9.63 Å². The molecule has 1 aromatic carbocycles. The van der Waals surface area contributed by atoms with Gasteiger partial charge in [0.1, 0.15) is 0 Å². The molecule has 1 atom stereocenters. The number of carbonyl (C=O) groups excluding carboxylic acids is 1. The molecule has 0 bridgehead atoms. The minimum atomic E-state index is -0.359. The molecule has 98 valence electrons. The second kappa shape index (κ2) is 6.93. The first-order valence-corrected chi connectivity index (χ1v) is 5.90. The predicted octanol–water partition coefficient (Wildman–Crippen LogP) is 1.98. The summed E-state index contributed by atoms with van der Waals surface area (Å²) in [6.45, 7) is 6.26. The Hall–Kier alpha value is -1.65. The zero-order chi connectivity index (χ0) is 13.5. The van der Waals surface area contributed by atoms with Crippen LogP contribution < -0.4 is 5.73 Å². The Bertz CT molecular complexity index is 404.